The second kappa shape index (κ2) is 7.61. The molecular weight excluding hydrogens is 320 g/mol. The number of carbonyl (C=O) groups is 1. The first-order valence-electron chi connectivity index (χ1n) is 7.98. The number of hydrogen-bond donors (Lipinski definition) is 1. The van der Waals surface area contributed by atoms with Crippen molar-refractivity contribution in [2.75, 3.05) is 13.7 Å². The molecule has 0 saturated carbocycles. The predicted octanol–water partition coefficient (Wildman–Crippen LogP) is 1.37. The van der Waals surface area contributed by atoms with Crippen LogP contribution in [-0.2, 0) is 13.5 Å². The van der Waals surface area contributed by atoms with Crippen LogP contribution in [-0.4, -0.2) is 44.1 Å². The number of nitrogens with zero attached hydrogens (tertiary/aromatic N) is 5. The Hall–Kier alpha value is -3.16. The van der Waals surface area contributed by atoms with Crippen molar-refractivity contribution in [3.63, 3.8) is 0 Å². The van der Waals surface area contributed by atoms with Crippen molar-refractivity contribution in [3.8, 4) is 11.4 Å². The SMILES string of the molecule is COc1ccc(-n2ccc(C(=O)NCCCc3nncn3C)n2)cc1. The minimum absolute atomic E-state index is 0.190. The van der Waals surface area contributed by atoms with E-state index in [1.807, 2.05) is 35.9 Å². The maximum Gasteiger partial charge on any atom is 0.271 e. The molecule has 0 spiro atoms. The maximum absolute atomic E-state index is 12.2. The predicted molar refractivity (Wildman–Crippen MR) is 91.8 cm³/mol. The molecule has 1 N–H and O–H groups in total. The lowest BCUT2D eigenvalue weighted by atomic mass is 10.3. The van der Waals surface area contributed by atoms with Crippen LogP contribution in [0.3, 0.4) is 0 Å². The van der Waals surface area contributed by atoms with Crippen molar-refractivity contribution in [2.24, 2.45) is 7.05 Å². The molecule has 0 atom stereocenters. The first-order chi connectivity index (χ1) is 12.2. The Kier molecular flexibility index (Phi) is 5.08. The van der Waals surface area contributed by atoms with Crippen LogP contribution < -0.4 is 10.1 Å². The third kappa shape index (κ3) is 4.03. The average molecular weight is 340 g/mol. The van der Waals surface area contributed by atoms with Gasteiger partial charge in [-0.25, -0.2) is 4.68 Å². The lowest BCUT2D eigenvalue weighted by molar-refractivity contribution is 0.0947. The van der Waals surface area contributed by atoms with Crippen LogP contribution in [0, 0.1) is 0 Å². The van der Waals surface area contributed by atoms with Gasteiger partial charge in [-0.1, -0.05) is 0 Å². The lowest BCUT2D eigenvalue weighted by Gasteiger charge is -2.04. The summed E-state index contributed by atoms with van der Waals surface area (Å²) >= 11 is 0. The largest absolute Gasteiger partial charge is 0.497 e. The van der Waals surface area contributed by atoms with Gasteiger partial charge < -0.3 is 14.6 Å². The molecule has 3 rings (SSSR count). The first-order valence-corrected chi connectivity index (χ1v) is 7.98. The van der Waals surface area contributed by atoms with E-state index < -0.39 is 0 Å². The van der Waals surface area contributed by atoms with Crippen LogP contribution in [0.1, 0.15) is 22.7 Å². The molecule has 0 aliphatic carbocycles. The fourth-order valence-electron chi connectivity index (χ4n) is 2.40. The fraction of sp³-hybridized carbons (Fsp3) is 0.294. The molecule has 2 aromatic heterocycles. The van der Waals surface area contributed by atoms with Gasteiger partial charge in [0.2, 0.25) is 0 Å². The van der Waals surface area contributed by atoms with Crippen LogP contribution in [0.2, 0.25) is 0 Å². The number of hydrogen-bond acceptors (Lipinski definition) is 5. The van der Waals surface area contributed by atoms with E-state index in [1.54, 1.807) is 30.4 Å². The Morgan fingerprint density at radius 1 is 1.24 bits per heavy atom. The number of nitrogens with one attached hydrogen (secondary N) is 1. The van der Waals surface area contributed by atoms with Gasteiger partial charge in [0.1, 0.15) is 17.9 Å². The van der Waals surface area contributed by atoms with Crippen LogP contribution in [0.25, 0.3) is 5.69 Å². The molecule has 0 bridgehead atoms. The van der Waals surface area contributed by atoms with E-state index in [0.717, 1.165) is 30.1 Å². The molecule has 8 heteroatoms. The van der Waals surface area contributed by atoms with Gasteiger partial charge >= 0.3 is 0 Å². The molecule has 1 amide bonds. The second-order valence-corrected chi connectivity index (χ2v) is 5.56. The topological polar surface area (TPSA) is 86.9 Å². The van der Waals surface area contributed by atoms with Gasteiger partial charge in [-0.2, -0.15) is 5.10 Å². The van der Waals surface area contributed by atoms with E-state index in [0.29, 0.717) is 12.2 Å². The number of rotatable bonds is 7. The van der Waals surface area contributed by atoms with Crippen molar-refractivity contribution in [2.45, 2.75) is 12.8 Å². The van der Waals surface area contributed by atoms with Gasteiger partial charge in [0.25, 0.3) is 5.91 Å². The minimum atomic E-state index is -0.190. The summed E-state index contributed by atoms with van der Waals surface area (Å²) in [5, 5.41) is 15.0. The van der Waals surface area contributed by atoms with Crippen LogP contribution in [0.5, 0.6) is 5.75 Å². The molecule has 1 aromatic carbocycles. The molecule has 0 saturated heterocycles. The van der Waals surface area contributed by atoms with Crippen molar-refractivity contribution in [1.29, 1.82) is 0 Å². The summed E-state index contributed by atoms with van der Waals surface area (Å²) in [6.45, 7) is 0.557. The molecule has 0 aliphatic rings. The normalized spacial score (nSPS) is 10.6. The zero-order valence-electron chi connectivity index (χ0n) is 14.2. The highest BCUT2D eigenvalue weighted by atomic mass is 16.5. The third-order valence-electron chi connectivity index (χ3n) is 3.83. The average Bonchev–Trinajstić information content (AvgIpc) is 3.28. The number of amides is 1. The molecule has 0 unspecified atom stereocenters. The number of aryl methyl sites for hydroxylation is 2. The van der Waals surface area contributed by atoms with Gasteiger partial charge in [0.05, 0.1) is 12.8 Å². The number of aromatic nitrogens is 5. The molecule has 3 aromatic rings. The first kappa shape index (κ1) is 16.7. The third-order valence-corrected chi connectivity index (χ3v) is 3.83. The van der Waals surface area contributed by atoms with E-state index >= 15 is 0 Å². The summed E-state index contributed by atoms with van der Waals surface area (Å²) in [4.78, 5) is 12.2. The van der Waals surface area contributed by atoms with Crippen molar-refractivity contribution < 1.29 is 9.53 Å². The van der Waals surface area contributed by atoms with Gasteiger partial charge in [-0.3, -0.25) is 4.79 Å². The second-order valence-electron chi connectivity index (χ2n) is 5.56. The Labute approximate surface area is 145 Å². The van der Waals surface area contributed by atoms with E-state index in [1.165, 1.54) is 0 Å². The standard InChI is InChI=1S/C17H20N6O2/c1-22-12-19-20-16(22)4-3-10-18-17(24)15-9-11-23(21-15)13-5-7-14(25-2)8-6-13/h5-9,11-12H,3-4,10H2,1-2H3,(H,18,24). The Morgan fingerprint density at radius 3 is 2.72 bits per heavy atom. The van der Waals surface area contributed by atoms with Gasteiger partial charge in [-0.05, 0) is 36.8 Å². The van der Waals surface area contributed by atoms with Crippen LogP contribution in [0.4, 0.5) is 0 Å². The highest BCUT2D eigenvalue weighted by molar-refractivity contribution is 5.92. The highest BCUT2D eigenvalue weighted by Crippen LogP contribution is 2.14. The zero-order chi connectivity index (χ0) is 17.6. The molecule has 2 heterocycles. The molecule has 8 nitrogen and oxygen atoms in total. The van der Waals surface area contributed by atoms with E-state index in [-0.39, 0.29) is 5.91 Å². The van der Waals surface area contributed by atoms with Crippen LogP contribution >= 0.6 is 0 Å². The number of carbonyl (C=O) groups excluding carboxylic acids is 1. The number of ether oxygens (including phenoxy) is 1. The monoisotopic (exact) mass is 340 g/mol. The highest BCUT2D eigenvalue weighted by Gasteiger charge is 2.10. The maximum atomic E-state index is 12.2. The summed E-state index contributed by atoms with van der Waals surface area (Å²) in [5.74, 6) is 1.49. The zero-order valence-corrected chi connectivity index (χ0v) is 14.2. The summed E-state index contributed by atoms with van der Waals surface area (Å²) in [5.41, 5.74) is 1.25. The van der Waals surface area contributed by atoms with Crippen molar-refractivity contribution in [3.05, 3.63) is 54.4 Å². The van der Waals surface area contributed by atoms with Crippen LogP contribution in [0.15, 0.2) is 42.9 Å². The van der Waals surface area contributed by atoms with E-state index in [9.17, 15) is 4.79 Å². The Bertz CT molecular complexity index is 837. The molecule has 0 aliphatic heterocycles. The smallest absolute Gasteiger partial charge is 0.271 e. The molecular formula is C17H20N6O2. The number of methoxy groups -OCH3 is 1. The van der Waals surface area contributed by atoms with E-state index in [4.69, 9.17) is 4.74 Å². The fourth-order valence-corrected chi connectivity index (χ4v) is 2.40. The minimum Gasteiger partial charge on any atom is -0.497 e. The van der Waals surface area contributed by atoms with Gasteiger partial charge in [-0.15, -0.1) is 10.2 Å². The summed E-state index contributed by atoms with van der Waals surface area (Å²) in [7, 11) is 3.52. The van der Waals surface area contributed by atoms with Crippen molar-refractivity contribution in [1.82, 2.24) is 29.9 Å². The van der Waals surface area contributed by atoms with Gasteiger partial charge in [0, 0.05) is 26.2 Å². The molecule has 0 fully saturated rings. The Morgan fingerprint density at radius 2 is 2.04 bits per heavy atom. The summed E-state index contributed by atoms with van der Waals surface area (Å²) < 4.78 is 8.67. The van der Waals surface area contributed by atoms with E-state index in [2.05, 4.69) is 20.6 Å². The molecule has 25 heavy (non-hydrogen) atoms. The summed E-state index contributed by atoms with van der Waals surface area (Å²) in [6.07, 6.45) is 4.98. The van der Waals surface area contributed by atoms with Gasteiger partial charge in [0.15, 0.2) is 5.69 Å². The molecule has 130 valence electrons. The summed E-state index contributed by atoms with van der Waals surface area (Å²) in [6, 6.07) is 9.16. The lowest BCUT2D eigenvalue weighted by Crippen LogP contribution is -2.25. The Balaban J connectivity index is 1.52. The molecule has 0 radical (unpaired) electrons. The quantitative estimate of drug-likeness (QED) is 0.657. The van der Waals surface area contributed by atoms with Crippen molar-refractivity contribution >= 4 is 5.91 Å². The number of benzene rings is 1.